The highest BCUT2D eigenvalue weighted by atomic mass is 19.4. The largest absolute Gasteiger partial charge is 0.457 e. The molecule has 1 aromatic heterocycles. The van der Waals surface area contributed by atoms with Gasteiger partial charge in [0.15, 0.2) is 11.5 Å². The summed E-state index contributed by atoms with van der Waals surface area (Å²) in [5, 5.41) is 3.51. The second kappa shape index (κ2) is 11.9. The monoisotopic (exact) mass is 576 g/mol. The maximum atomic E-state index is 13.3. The zero-order chi connectivity index (χ0) is 29.1. The molecular weight excluding hydrogens is 545 g/mol. The number of ether oxygens (including phenoxy) is 3. The van der Waals surface area contributed by atoms with E-state index in [4.69, 9.17) is 19.9 Å². The molecule has 0 spiro atoms. The van der Waals surface area contributed by atoms with Crippen molar-refractivity contribution in [1.29, 1.82) is 0 Å². The zero-order valence-corrected chi connectivity index (χ0v) is 22.9. The smallest absolute Gasteiger partial charge is 0.416 e. The number of fused-ring (bicyclic) bond motifs is 1. The quantitative estimate of drug-likeness (QED) is 0.256. The molecule has 1 atom stereocenters. The second-order valence-corrected chi connectivity index (χ2v) is 10.5. The van der Waals surface area contributed by atoms with Crippen LogP contribution in [-0.2, 0) is 25.6 Å². The minimum absolute atomic E-state index is 0.158. The Morgan fingerprint density at radius 2 is 1.76 bits per heavy atom. The molecular formula is C32H31F3N4O3. The summed E-state index contributed by atoms with van der Waals surface area (Å²) in [5.74, 6) is 2.73. The fourth-order valence-electron chi connectivity index (χ4n) is 5.36. The van der Waals surface area contributed by atoms with Gasteiger partial charge >= 0.3 is 6.18 Å². The van der Waals surface area contributed by atoms with E-state index in [1.54, 1.807) is 18.5 Å². The number of alkyl halides is 3. The summed E-state index contributed by atoms with van der Waals surface area (Å²) >= 11 is 0. The molecule has 2 aliphatic rings. The molecule has 6 rings (SSSR count). The Hall–Kier alpha value is -4.28. The number of nitrogens with one attached hydrogen (secondary N) is 1. The number of hydrogen-bond acceptors (Lipinski definition) is 7. The SMILES string of the molecule is Nc1ccc(C(F)(F)F)cc1Cc1cnccc1Oc1ccc(CN2CCNCC2Cc2ccc3c(c2)OCO3)cc1. The summed E-state index contributed by atoms with van der Waals surface area (Å²) in [6, 6.07) is 19.4. The number of pyridine rings is 1. The van der Waals surface area contributed by atoms with Crippen molar-refractivity contribution >= 4 is 5.69 Å². The number of hydrogen-bond donors (Lipinski definition) is 2. The standard InChI is InChI=1S/C32H31F3N4O3/c33-32(34,35)25-4-7-28(36)23(16-25)15-24-17-37-10-9-29(24)42-27-5-1-21(2-6-27)19-39-12-11-38-18-26(39)13-22-3-8-30-31(14-22)41-20-40-30/h1-10,14,16-17,26,38H,11-13,15,18-20,36H2. The molecule has 4 aromatic rings. The Morgan fingerprint density at radius 1 is 0.952 bits per heavy atom. The average Bonchev–Trinajstić information content (AvgIpc) is 3.45. The summed E-state index contributed by atoms with van der Waals surface area (Å²) in [5.41, 5.74) is 8.92. The van der Waals surface area contributed by atoms with Gasteiger partial charge in [-0.25, -0.2) is 0 Å². The van der Waals surface area contributed by atoms with Crippen molar-refractivity contribution in [2.24, 2.45) is 0 Å². The molecule has 7 nitrogen and oxygen atoms in total. The van der Waals surface area contributed by atoms with Gasteiger partial charge in [0.25, 0.3) is 0 Å². The summed E-state index contributed by atoms with van der Waals surface area (Å²) in [6.07, 6.45) is -0.215. The number of nitrogens with two attached hydrogens (primary N) is 1. The van der Waals surface area contributed by atoms with Gasteiger partial charge in [-0.15, -0.1) is 0 Å². The molecule has 1 fully saturated rings. The number of piperazine rings is 1. The van der Waals surface area contributed by atoms with Crippen molar-refractivity contribution in [1.82, 2.24) is 15.2 Å². The lowest BCUT2D eigenvalue weighted by Crippen LogP contribution is -2.51. The van der Waals surface area contributed by atoms with Crippen LogP contribution in [0.15, 0.2) is 79.1 Å². The molecule has 3 heterocycles. The van der Waals surface area contributed by atoms with E-state index in [1.165, 1.54) is 11.6 Å². The highest BCUT2D eigenvalue weighted by Gasteiger charge is 2.31. The van der Waals surface area contributed by atoms with Crippen molar-refractivity contribution < 1.29 is 27.4 Å². The molecule has 0 bridgehead atoms. The first kappa shape index (κ1) is 27.9. The summed E-state index contributed by atoms with van der Waals surface area (Å²) < 4.78 is 56.9. The first-order valence-corrected chi connectivity index (χ1v) is 13.8. The third kappa shape index (κ3) is 6.45. The van der Waals surface area contributed by atoms with Crippen LogP contribution in [0.4, 0.5) is 18.9 Å². The number of halogens is 3. The van der Waals surface area contributed by atoms with Gasteiger partial charge in [-0.05, 0) is 71.6 Å². The molecule has 3 N–H and O–H groups in total. The topological polar surface area (TPSA) is 81.9 Å². The minimum atomic E-state index is -4.45. The van der Waals surface area contributed by atoms with Crippen LogP contribution < -0.4 is 25.3 Å². The Morgan fingerprint density at radius 3 is 2.60 bits per heavy atom. The average molecular weight is 577 g/mol. The normalized spacial score (nSPS) is 16.9. The summed E-state index contributed by atoms with van der Waals surface area (Å²) in [7, 11) is 0. The van der Waals surface area contributed by atoms with Gasteiger partial charge in [-0.1, -0.05) is 18.2 Å². The molecule has 1 saturated heterocycles. The molecule has 0 amide bonds. The summed E-state index contributed by atoms with van der Waals surface area (Å²) in [6.45, 7) is 3.83. The highest BCUT2D eigenvalue weighted by molar-refractivity contribution is 5.52. The Kier molecular flexibility index (Phi) is 7.90. The van der Waals surface area contributed by atoms with E-state index in [-0.39, 0.29) is 18.9 Å². The van der Waals surface area contributed by atoms with Crippen molar-refractivity contribution in [3.8, 4) is 23.0 Å². The first-order valence-electron chi connectivity index (χ1n) is 13.8. The van der Waals surface area contributed by atoms with E-state index in [0.717, 1.165) is 61.8 Å². The van der Waals surface area contributed by atoms with Crippen LogP contribution in [0, 0.1) is 0 Å². The van der Waals surface area contributed by atoms with Gasteiger partial charge in [0.1, 0.15) is 11.5 Å². The molecule has 2 aliphatic heterocycles. The van der Waals surface area contributed by atoms with E-state index >= 15 is 0 Å². The lowest BCUT2D eigenvalue weighted by atomic mass is 10.0. The van der Waals surface area contributed by atoms with E-state index in [9.17, 15) is 13.2 Å². The highest BCUT2D eigenvalue weighted by Crippen LogP contribution is 2.35. The van der Waals surface area contributed by atoms with E-state index in [0.29, 0.717) is 28.7 Å². The van der Waals surface area contributed by atoms with Gasteiger partial charge < -0.3 is 25.3 Å². The van der Waals surface area contributed by atoms with Crippen LogP contribution in [0.2, 0.25) is 0 Å². The fraction of sp³-hybridized carbons (Fsp3) is 0.281. The second-order valence-electron chi connectivity index (χ2n) is 10.5. The molecule has 218 valence electrons. The predicted octanol–water partition coefficient (Wildman–Crippen LogP) is 5.81. The molecule has 42 heavy (non-hydrogen) atoms. The van der Waals surface area contributed by atoms with E-state index < -0.39 is 11.7 Å². The minimum Gasteiger partial charge on any atom is -0.457 e. The molecule has 10 heteroatoms. The molecule has 0 saturated carbocycles. The van der Waals surface area contributed by atoms with Crippen LogP contribution >= 0.6 is 0 Å². The van der Waals surface area contributed by atoms with Crippen molar-refractivity contribution in [2.45, 2.75) is 31.6 Å². The van der Waals surface area contributed by atoms with Crippen LogP contribution in [0.3, 0.4) is 0 Å². The van der Waals surface area contributed by atoms with Crippen molar-refractivity contribution in [3.05, 3.63) is 107 Å². The number of benzene rings is 3. The molecule has 0 radical (unpaired) electrons. The lowest BCUT2D eigenvalue weighted by Gasteiger charge is -2.36. The number of nitrogen functional groups attached to an aromatic ring is 1. The number of nitrogens with zero attached hydrogens (tertiary/aromatic N) is 2. The maximum absolute atomic E-state index is 13.3. The Balaban J connectivity index is 1.12. The van der Waals surface area contributed by atoms with Crippen LogP contribution in [0.25, 0.3) is 0 Å². The van der Waals surface area contributed by atoms with Crippen molar-refractivity contribution in [2.75, 3.05) is 32.2 Å². The maximum Gasteiger partial charge on any atom is 0.416 e. The van der Waals surface area contributed by atoms with Crippen molar-refractivity contribution in [3.63, 3.8) is 0 Å². The van der Waals surface area contributed by atoms with Gasteiger partial charge in [-0.2, -0.15) is 13.2 Å². The third-order valence-corrected chi connectivity index (χ3v) is 7.63. The number of anilines is 1. The number of rotatable bonds is 8. The van der Waals surface area contributed by atoms with Crippen LogP contribution in [0.1, 0.15) is 27.8 Å². The number of aromatic nitrogens is 1. The zero-order valence-electron chi connectivity index (χ0n) is 22.9. The molecule has 1 unspecified atom stereocenters. The Bertz CT molecular complexity index is 1550. The van der Waals surface area contributed by atoms with Gasteiger partial charge in [0.2, 0.25) is 6.79 Å². The fourth-order valence-corrected chi connectivity index (χ4v) is 5.36. The molecule has 3 aromatic carbocycles. The Labute approximate surface area is 242 Å². The van der Waals surface area contributed by atoms with Gasteiger partial charge in [0, 0.05) is 62.3 Å². The van der Waals surface area contributed by atoms with E-state index in [1.807, 2.05) is 30.3 Å². The lowest BCUT2D eigenvalue weighted by molar-refractivity contribution is -0.137. The first-order chi connectivity index (χ1) is 20.3. The predicted molar refractivity (Wildman–Crippen MR) is 153 cm³/mol. The summed E-state index contributed by atoms with van der Waals surface area (Å²) in [4.78, 5) is 6.63. The van der Waals surface area contributed by atoms with Gasteiger partial charge in [0.05, 0.1) is 5.56 Å². The van der Waals surface area contributed by atoms with Crippen LogP contribution in [-0.4, -0.2) is 42.4 Å². The van der Waals surface area contributed by atoms with Crippen LogP contribution in [0.5, 0.6) is 23.0 Å². The van der Waals surface area contributed by atoms with Gasteiger partial charge in [-0.3, -0.25) is 9.88 Å². The molecule has 0 aliphatic carbocycles. The van der Waals surface area contributed by atoms with E-state index in [2.05, 4.69) is 27.3 Å². The third-order valence-electron chi connectivity index (χ3n) is 7.63.